The number of likely N-dealkylation sites (tertiary alicyclic amines) is 1. The molecule has 7 nitrogen and oxygen atoms in total. The first-order chi connectivity index (χ1) is 10.5. The summed E-state index contributed by atoms with van der Waals surface area (Å²) in [5, 5.41) is 2.88. The number of aryl methyl sites for hydroxylation is 1. The molecule has 22 heavy (non-hydrogen) atoms. The molecule has 0 aliphatic carbocycles. The predicted octanol–water partition coefficient (Wildman–Crippen LogP) is 0.454. The number of nitrogens with one attached hydrogen (secondary N) is 1. The molecule has 0 saturated carbocycles. The van der Waals surface area contributed by atoms with Gasteiger partial charge in [0.15, 0.2) is 0 Å². The first kappa shape index (κ1) is 16.5. The van der Waals surface area contributed by atoms with Crippen LogP contribution in [0.4, 0.5) is 0 Å². The molecule has 0 spiro atoms. The third kappa shape index (κ3) is 3.47. The Morgan fingerprint density at radius 3 is 2.86 bits per heavy atom. The average Bonchev–Trinajstić information content (AvgIpc) is 3.04. The van der Waals surface area contributed by atoms with Crippen LogP contribution >= 0.6 is 0 Å². The van der Waals surface area contributed by atoms with E-state index in [1.807, 2.05) is 17.8 Å². The van der Waals surface area contributed by atoms with Gasteiger partial charge in [0.1, 0.15) is 5.82 Å². The lowest BCUT2D eigenvalue weighted by atomic mass is 9.92. The second kappa shape index (κ2) is 6.91. The van der Waals surface area contributed by atoms with Gasteiger partial charge in [0.05, 0.1) is 25.1 Å². The zero-order valence-electron chi connectivity index (χ0n) is 13.5. The van der Waals surface area contributed by atoms with Gasteiger partial charge in [-0.3, -0.25) is 9.59 Å². The van der Waals surface area contributed by atoms with Crippen LogP contribution in [0.1, 0.15) is 32.0 Å². The predicted molar refractivity (Wildman–Crippen MR) is 80.9 cm³/mol. The SMILES string of the molecule is COC[C@@]1(CC(=O)NCc2nccn2C)CCCN1C(C)=O. The van der Waals surface area contributed by atoms with Crippen molar-refractivity contribution in [1.82, 2.24) is 19.8 Å². The van der Waals surface area contributed by atoms with E-state index in [-0.39, 0.29) is 18.2 Å². The summed E-state index contributed by atoms with van der Waals surface area (Å²) >= 11 is 0. The van der Waals surface area contributed by atoms with Crippen molar-refractivity contribution in [2.45, 2.75) is 38.3 Å². The molecule has 1 fully saturated rings. The molecule has 1 N–H and O–H groups in total. The van der Waals surface area contributed by atoms with Gasteiger partial charge >= 0.3 is 0 Å². The lowest BCUT2D eigenvalue weighted by molar-refractivity contribution is -0.137. The summed E-state index contributed by atoms with van der Waals surface area (Å²) in [4.78, 5) is 30.1. The minimum atomic E-state index is -0.522. The molecule has 122 valence electrons. The Bertz CT molecular complexity index is 543. The molecule has 1 atom stereocenters. The molecule has 1 aliphatic rings. The van der Waals surface area contributed by atoms with E-state index in [0.717, 1.165) is 18.7 Å². The lowest BCUT2D eigenvalue weighted by Crippen LogP contribution is -2.52. The number of amides is 2. The summed E-state index contributed by atoms with van der Waals surface area (Å²) in [5.41, 5.74) is -0.522. The highest BCUT2D eigenvalue weighted by molar-refractivity contribution is 5.80. The first-order valence-corrected chi connectivity index (χ1v) is 7.48. The van der Waals surface area contributed by atoms with Crippen molar-refractivity contribution in [1.29, 1.82) is 0 Å². The highest BCUT2D eigenvalue weighted by Gasteiger charge is 2.44. The molecule has 1 saturated heterocycles. The maximum absolute atomic E-state index is 12.3. The van der Waals surface area contributed by atoms with Crippen molar-refractivity contribution in [3.05, 3.63) is 18.2 Å². The standard InChI is InChI=1S/C15H24N4O3/c1-12(20)19-7-4-5-15(19,11-22-3)9-14(21)17-10-13-16-6-8-18(13)2/h6,8H,4-5,7,9-11H2,1-3H3,(H,17,21)/t15-/m0/s1. The molecule has 7 heteroatoms. The van der Waals surface area contributed by atoms with Crippen LogP contribution in [0.15, 0.2) is 12.4 Å². The number of nitrogens with zero attached hydrogens (tertiary/aromatic N) is 3. The van der Waals surface area contributed by atoms with Gasteiger partial charge in [-0.05, 0) is 12.8 Å². The van der Waals surface area contributed by atoms with Gasteiger partial charge in [0.2, 0.25) is 11.8 Å². The molecule has 0 radical (unpaired) electrons. The second-order valence-corrected chi connectivity index (χ2v) is 5.84. The Morgan fingerprint density at radius 2 is 2.27 bits per heavy atom. The summed E-state index contributed by atoms with van der Waals surface area (Å²) in [7, 11) is 3.49. The number of imidazole rings is 1. The van der Waals surface area contributed by atoms with Crippen LogP contribution in [-0.4, -0.2) is 52.1 Å². The maximum Gasteiger partial charge on any atom is 0.222 e. The van der Waals surface area contributed by atoms with E-state index in [1.54, 1.807) is 25.1 Å². The molecule has 1 aromatic rings. The number of methoxy groups -OCH3 is 1. The fourth-order valence-corrected chi connectivity index (χ4v) is 3.19. The van der Waals surface area contributed by atoms with Gasteiger partial charge in [-0.25, -0.2) is 4.98 Å². The van der Waals surface area contributed by atoms with Gasteiger partial charge in [-0.2, -0.15) is 0 Å². The van der Waals surface area contributed by atoms with Crippen molar-refractivity contribution in [2.24, 2.45) is 7.05 Å². The number of rotatable bonds is 6. The van der Waals surface area contributed by atoms with Gasteiger partial charge in [-0.15, -0.1) is 0 Å². The Balaban J connectivity index is 2.00. The topological polar surface area (TPSA) is 76.5 Å². The van der Waals surface area contributed by atoms with Crippen LogP contribution in [0, 0.1) is 0 Å². The lowest BCUT2D eigenvalue weighted by Gasteiger charge is -2.37. The van der Waals surface area contributed by atoms with Crippen LogP contribution in [0.2, 0.25) is 0 Å². The second-order valence-electron chi connectivity index (χ2n) is 5.84. The van der Waals surface area contributed by atoms with Gasteiger partial charge in [0.25, 0.3) is 0 Å². The molecule has 1 aromatic heterocycles. The van der Waals surface area contributed by atoms with Crippen molar-refractivity contribution in [2.75, 3.05) is 20.3 Å². The Kier molecular flexibility index (Phi) is 5.18. The fourth-order valence-electron chi connectivity index (χ4n) is 3.19. The highest BCUT2D eigenvalue weighted by Crippen LogP contribution is 2.33. The number of carbonyl (C=O) groups is 2. The van der Waals surface area contributed by atoms with E-state index in [4.69, 9.17) is 4.74 Å². The quantitative estimate of drug-likeness (QED) is 0.828. The molecule has 2 amide bonds. The smallest absolute Gasteiger partial charge is 0.222 e. The van der Waals surface area contributed by atoms with E-state index in [0.29, 0.717) is 19.7 Å². The first-order valence-electron chi connectivity index (χ1n) is 7.48. The summed E-state index contributed by atoms with van der Waals surface area (Å²) in [5.74, 6) is 0.698. The number of hydrogen-bond acceptors (Lipinski definition) is 4. The number of aromatic nitrogens is 2. The van der Waals surface area contributed by atoms with Crippen LogP contribution in [-0.2, 0) is 27.9 Å². The molecular weight excluding hydrogens is 284 g/mol. The molecule has 0 unspecified atom stereocenters. The molecular formula is C15H24N4O3. The Hall–Kier alpha value is -1.89. The summed E-state index contributed by atoms with van der Waals surface area (Å²) in [6.07, 6.45) is 5.47. The number of carbonyl (C=O) groups excluding carboxylic acids is 2. The van der Waals surface area contributed by atoms with Crippen LogP contribution in [0.25, 0.3) is 0 Å². The van der Waals surface area contributed by atoms with E-state index < -0.39 is 5.54 Å². The van der Waals surface area contributed by atoms with Crippen molar-refractivity contribution in [3.63, 3.8) is 0 Å². The number of hydrogen-bond donors (Lipinski definition) is 1. The molecule has 1 aliphatic heterocycles. The van der Waals surface area contributed by atoms with Gasteiger partial charge in [-0.1, -0.05) is 0 Å². The van der Waals surface area contributed by atoms with E-state index in [9.17, 15) is 9.59 Å². The fraction of sp³-hybridized carbons (Fsp3) is 0.667. The Labute approximate surface area is 130 Å². The third-order valence-electron chi connectivity index (χ3n) is 4.24. The molecule has 0 bridgehead atoms. The zero-order valence-corrected chi connectivity index (χ0v) is 13.5. The van der Waals surface area contributed by atoms with E-state index in [1.165, 1.54) is 0 Å². The Morgan fingerprint density at radius 1 is 1.50 bits per heavy atom. The molecule has 2 heterocycles. The molecule has 0 aromatic carbocycles. The summed E-state index contributed by atoms with van der Waals surface area (Å²) in [6, 6.07) is 0. The number of ether oxygens (including phenoxy) is 1. The third-order valence-corrected chi connectivity index (χ3v) is 4.24. The monoisotopic (exact) mass is 308 g/mol. The van der Waals surface area contributed by atoms with Crippen LogP contribution < -0.4 is 5.32 Å². The minimum Gasteiger partial charge on any atom is -0.382 e. The van der Waals surface area contributed by atoms with Crippen molar-refractivity contribution < 1.29 is 14.3 Å². The van der Waals surface area contributed by atoms with Crippen LogP contribution in [0.5, 0.6) is 0 Å². The highest BCUT2D eigenvalue weighted by atomic mass is 16.5. The zero-order chi connectivity index (χ0) is 16.2. The largest absolute Gasteiger partial charge is 0.382 e. The van der Waals surface area contributed by atoms with Crippen LogP contribution in [0.3, 0.4) is 0 Å². The molecule has 2 rings (SSSR count). The summed E-state index contributed by atoms with van der Waals surface area (Å²) < 4.78 is 7.15. The van der Waals surface area contributed by atoms with E-state index >= 15 is 0 Å². The normalized spacial score (nSPS) is 21.1. The summed E-state index contributed by atoms with van der Waals surface area (Å²) in [6.45, 7) is 2.99. The van der Waals surface area contributed by atoms with Crippen molar-refractivity contribution in [3.8, 4) is 0 Å². The average molecular weight is 308 g/mol. The maximum atomic E-state index is 12.3. The van der Waals surface area contributed by atoms with Gasteiger partial charge in [0, 0.05) is 40.0 Å². The van der Waals surface area contributed by atoms with Crippen molar-refractivity contribution >= 4 is 11.8 Å². The minimum absolute atomic E-state index is 0.00792. The van der Waals surface area contributed by atoms with E-state index in [2.05, 4.69) is 10.3 Å². The van der Waals surface area contributed by atoms with Gasteiger partial charge < -0.3 is 19.5 Å².